The van der Waals surface area contributed by atoms with E-state index in [0.29, 0.717) is 24.0 Å². The first-order valence-corrected chi connectivity index (χ1v) is 6.69. The van der Waals surface area contributed by atoms with E-state index in [4.69, 9.17) is 14.7 Å². The van der Waals surface area contributed by atoms with E-state index in [1.165, 1.54) is 0 Å². The molecule has 0 saturated carbocycles. The number of hydrogen-bond donors (Lipinski definition) is 1. The molecule has 7 heteroatoms. The Balaban J connectivity index is 1.90. The Morgan fingerprint density at radius 2 is 2.26 bits per heavy atom. The molecule has 0 aliphatic rings. The summed E-state index contributed by atoms with van der Waals surface area (Å²) in [6.07, 6.45) is 2.36. The molecule has 3 heterocycles. The van der Waals surface area contributed by atoms with Crippen LogP contribution in [0.4, 0.5) is 0 Å². The Bertz CT molecular complexity index is 685. The lowest BCUT2D eigenvalue weighted by Gasteiger charge is -1.88. The monoisotopic (exact) mass is 276 g/mol. The number of nitrogens with zero attached hydrogens (tertiary/aromatic N) is 3. The van der Waals surface area contributed by atoms with Crippen molar-refractivity contribution in [3.05, 3.63) is 28.5 Å². The van der Waals surface area contributed by atoms with Crippen LogP contribution in [0.2, 0.25) is 0 Å². The molecule has 0 aromatic carbocycles. The second-order valence-electron chi connectivity index (χ2n) is 3.98. The summed E-state index contributed by atoms with van der Waals surface area (Å²) in [5.41, 5.74) is 7.01. The second kappa shape index (κ2) is 4.94. The van der Waals surface area contributed by atoms with Gasteiger partial charge in [0.15, 0.2) is 0 Å². The molecule has 6 nitrogen and oxygen atoms in total. The summed E-state index contributed by atoms with van der Waals surface area (Å²) in [4.78, 5) is 8.74. The molecule has 0 saturated heterocycles. The number of furan rings is 1. The molecule has 0 aliphatic heterocycles. The Morgan fingerprint density at radius 3 is 3.00 bits per heavy atom. The number of nitrogens with two attached hydrogens (primary N) is 1. The zero-order valence-electron chi connectivity index (χ0n) is 10.3. The molecule has 0 bridgehead atoms. The van der Waals surface area contributed by atoms with Gasteiger partial charge in [-0.15, -0.1) is 11.3 Å². The molecule has 19 heavy (non-hydrogen) atoms. The van der Waals surface area contributed by atoms with E-state index >= 15 is 0 Å². The number of thiazole rings is 1. The minimum absolute atomic E-state index is 0.412. The van der Waals surface area contributed by atoms with Crippen molar-refractivity contribution >= 4 is 11.3 Å². The lowest BCUT2D eigenvalue weighted by molar-refractivity contribution is 0.431. The fraction of sp³-hybridized carbons (Fsp3) is 0.250. The summed E-state index contributed by atoms with van der Waals surface area (Å²) in [5, 5.41) is 6.81. The van der Waals surface area contributed by atoms with E-state index in [2.05, 4.69) is 15.1 Å². The van der Waals surface area contributed by atoms with Gasteiger partial charge >= 0.3 is 0 Å². The van der Waals surface area contributed by atoms with Crippen LogP contribution in [0.5, 0.6) is 0 Å². The van der Waals surface area contributed by atoms with Crippen molar-refractivity contribution < 1.29 is 8.94 Å². The second-order valence-corrected chi connectivity index (χ2v) is 4.92. The van der Waals surface area contributed by atoms with Crippen molar-refractivity contribution in [2.45, 2.75) is 13.3 Å². The molecule has 0 fully saturated rings. The van der Waals surface area contributed by atoms with Crippen LogP contribution in [-0.4, -0.2) is 21.7 Å². The molecular weight excluding hydrogens is 264 g/mol. The van der Waals surface area contributed by atoms with E-state index in [0.717, 1.165) is 22.8 Å². The van der Waals surface area contributed by atoms with Gasteiger partial charge in [-0.25, -0.2) is 4.98 Å². The Kier molecular flexibility index (Phi) is 3.14. The van der Waals surface area contributed by atoms with Crippen LogP contribution in [-0.2, 0) is 6.42 Å². The summed E-state index contributed by atoms with van der Waals surface area (Å²) in [6, 6.07) is 1.81. The predicted molar refractivity (Wildman–Crippen MR) is 70.6 cm³/mol. The number of aromatic nitrogens is 3. The number of rotatable bonds is 4. The van der Waals surface area contributed by atoms with E-state index < -0.39 is 0 Å². The lowest BCUT2D eigenvalue weighted by atomic mass is 10.2. The maximum Gasteiger partial charge on any atom is 0.277 e. The van der Waals surface area contributed by atoms with Gasteiger partial charge in [-0.1, -0.05) is 5.16 Å². The molecule has 0 amide bonds. The first-order chi connectivity index (χ1) is 9.28. The average molecular weight is 276 g/mol. The van der Waals surface area contributed by atoms with E-state index in [-0.39, 0.29) is 0 Å². The van der Waals surface area contributed by atoms with Gasteiger partial charge in [0.05, 0.1) is 16.8 Å². The maximum atomic E-state index is 5.50. The first kappa shape index (κ1) is 12.1. The minimum Gasteiger partial charge on any atom is -0.469 e. The number of hydrogen-bond acceptors (Lipinski definition) is 7. The summed E-state index contributed by atoms with van der Waals surface area (Å²) >= 11 is 1.54. The van der Waals surface area contributed by atoms with Gasteiger partial charge in [0.2, 0.25) is 5.82 Å². The average Bonchev–Trinajstić information content (AvgIpc) is 3.08. The highest BCUT2D eigenvalue weighted by Gasteiger charge is 2.15. The minimum atomic E-state index is 0.412. The zero-order valence-corrected chi connectivity index (χ0v) is 11.1. The van der Waals surface area contributed by atoms with Gasteiger partial charge in [-0.05, 0) is 19.5 Å². The summed E-state index contributed by atoms with van der Waals surface area (Å²) in [5.74, 6) is 1.68. The maximum absolute atomic E-state index is 5.50. The Hall–Kier alpha value is -1.99. The van der Waals surface area contributed by atoms with Crippen LogP contribution >= 0.6 is 11.3 Å². The summed E-state index contributed by atoms with van der Waals surface area (Å²) in [6.45, 7) is 2.43. The van der Waals surface area contributed by atoms with E-state index in [1.807, 2.05) is 18.4 Å². The van der Waals surface area contributed by atoms with Crippen molar-refractivity contribution in [2.75, 3.05) is 6.54 Å². The molecule has 0 aliphatic carbocycles. The van der Waals surface area contributed by atoms with Crippen molar-refractivity contribution in [1.29, 1.82) is 0 Å². The molecule has 2 N–H and O–H groups in total. The van der Waals surface area contributed by atoms with Crippen molar-refractivity contribution in [2.24, 2.45) is 5.73 Å². The fourth-order valence-electron chi connectivity index (χ4n) is 1.70. The SMILES string of the molecule is Cc1occc1-c1noc(-c2csc(CCN)n2)n1. The molecule has 3 aromatic rings. The third-order valence-electron chi connectivity index (χ3n) is 2.65. The third-order valence-corrected chi connectivity index (χ3v) is 3.56. The highest BCUT2D eigenvalue weighted by Crippen LogP contribution is 2.25. The van der Waals surface area contributed by atoms with Crippen LogP contribution in [0, 0.1) is 6.92 Å². The molecule has 3 aromatic heterocycles. The summed E-state index contributed by atoms with van der Waals surface area (Å²) < 4.78 is 10.5. The molecule has 98 valence electrons. The van der Waals surface area contributed by atoms with Crippen molar-refractivity contribution in [3.63, 3.8) is 0 Å². The highest BCUT2D eigenvalue weighted by atomic mass is 32.1. The van der Waals surface area contributed by atoms with Gasteiger partial charge in [0, 0.05) is 11.8 Å². The van der Waals surface area contributed by atoms with Gasteiger partial charge in [0.1, 0.15) is 11.5 Å². The molecule has 0 spiro atoms. The van der Waals surface area contributed by atoms with Crippen LogP contribution < -0.4 is 5.73 Å². The van der Waals surface area contributed by atoms with Gasteiger partial charge < -0.3 is 14.7 Å². The first-order valence-electron chi connectivity index (χ1n) is 5.81. The van der Waals surface area contributed by atoms with Crippen LogP contribution in [0.15, 0.2) is 26.6 Å². The lowest BCUT2D eigenvalue weighted by Crippen LogP contribution is -2.01. The predicted octanol–water partition coefficient (Wildman–Crippen LogP) is 2.26. The number of aryl methyl sites for hydroxylation is 1. The topological polar surface area (TPSA) is 91.0 Å². The highest BCUT2D eigenvalue weighted by molar-refractivity contribution is 7.09. The zero-order chi connectivity index (χ0) is 13.2. The molecule has 3 rings (SSSR count). The smallest absolute Gasteiger partial charge is 0.277 e. The van der Waals surface area contributed by atoms with Crippen LogP contribution in [0.3, 0.4) is 0 Å². The molecule has 0 atom stereocenters. The Morgan fingerprint density at radius 1 is 1.37 bits per heavy atom. The fourth-order valence-corrected chi connectivity index (χ4v) is 2.49. The third kappa shape index (κ3) is 2.29. The quantitative estimate of drug-likeness (QED) is 0.786. The van der Waals surface area contributed by atoms with Crippen LogP contribution in [0.25, 0.3) is 23.0 Å². The molecule has 0 unspecified atom stereocenters. The standard InChI is InChI=1S/C12H12N4O2S/c1-7-8(3-5-17-7)11-15-12(18-16-11)9-6-19-10(14-9)2-4-13/h3,5-6H,2,4,13H2,1H3. The van der Waals surface area contributed by atoms with Gasteiger partial charge in [0.25, 0.3) is 5.89 Å². The van der Waals surface area contributed by atoms with E-state index in [9.17, 15) is 0 Å². The largest absolute Gasteiger partial charge is 0.469 e. The van der Waals surface area contributed by atoms with E-state index in [1.54, 1.807) is 17.6 Å². The van der Waals surface area contributed by atoms with Crippen LogP contribution in [0.1, 0.15) is 10.8 Å². The van der Waals surface area contributed by atoms with Gasteiger partial charge in [-0.2, -0.15) is 4.98 Å². The van der Waals surface area contributed by atoms with Crippen molar-refractivity contribution in [1.82, 2.24) is 15.1 Å². The molecule has 0 radical (unpaired) electrons. The Labute approximate surface area is 113 Å². The molecular formula is C12H12N4O2S. The van der Waals surface area contributed by atoms with Gasteiger partial charge in [-0.3, -0.25) is 0 Å². The normalized spacial score (nSPS) is 11.1. The summed E-state index contributed by atoms with van der Waals surface area (Å²) in [7, 11) is 0. The van der Waals surface area contributed by atoms with Crippen molar-refractivity contribution in [3.8, 4) is 23.0 Å².